The van der Waals surface area contributed by atoms with E-state index in [-0.39, 0.29) is 11.8 Å². The first-order valence-electron chi connectivity index (χ1n) is 7.76. The average Bonchev–Trinajstić information content (AvgIpc) is 2.78. The Labute approximate surface area is 128 Å². The first-order chi connectivity index (χ1) is 9.96. The van der Waals surface area contributed by atoms with Crippen molar-refractivity contribution >= 4 is 10.0 Å². The number of nitrogens with one attached hydrogen (secondary N) is 2. The summed E-state index contributed by atoms with van der Waals surface area (Å²) in [6.07, 6.45) is 3.22. The predicted octanol–water partition coefficient (Wildman–Crippen LogP) is 1.85. The van der Waals surface area contributed by atoms with Crippen LogP contribution in [0, 0.1) is 0 Å². The van der Waals surface area contributed by atoms with Crippen LogP contribution in [0.15, 0.2) is 24.3 Å². The standard InChI is InChI=1S/C16H26N2O2S/c1-13(2)17-9-5-6-10-21(19,20)18-16-11-14-7-3-4-8-15(14)12-16/h3-4,7-8,13,16-18H,5-6,9-12H2,1-2H3. The molecule has 0 aliphatic heterocycles. The van der Waals surface area contributed by atoms with Crippen molar-refractivity contribution < 1.29 is 8.42 Å². The van der Waals surface area contributed by atoms with E-state index >= 15 is 0 Å². The maximum absolute atomic E-state index is 12.1. The summed E-state index contributed by atoms with van der Waals surface area (Å²) in [5.74, 6) is 0.222. The third-order valence-electron chi connectivity index (χ3n) is 3.79. The van der Waals surface area contributed by atoms with E-state index < -0.39 is 10.0 Å². The van der Waals surface area contributed by atoms with Gasteiger partial charge in [-0.2, -0.15) is 0 Å². The monoisotopic (exact) mass is 310 g/mol. The van der Waals surface area contributed by atoms with Gasteiger partial charge in [-0.15, -0.1) is 0 Å². The molecule has 2 rings (SSSR count). The highest BCUT2D eigenvalue weighted by Crippen LogP contribution is 2.22. The third-order valence-corrected chi connectivity index (χ3v) is 5.31. The summed E-state index contributed by atoms with van der Waals surface area (Å²) in [5.41, 5.74) is 2.54. The van der Waals surface area contributed by atoms with Crippen LogP contribution >= 0.6 is 0 Å². The molecule has 0 aromatic heterocycles. The lowest BCUT2D eigenvalue weighted by molar-refractivity contribution is 0.543. The average molecular weight is 310 g/mol. The van der Waals surface area contributed by atoms with Gasteiger partial charge in [0.1, 0.15) is 0 Å². The van der Waals surface area contributed by atoms with Crippen LogP contribution in [-0.2, 0) is 22.9 Å². The highest BCUT2D eigenvalue weighted by molar-refractivity contribution is 7.89. The molecule has 1 aromatic carbocycles. The summed E-state index contributed by atoms with van der Waals surface area (Å²) in [4.78, 5) is 0. The second-order valence-corrected chi connectivity index (χ2v) is 8.00. The smallest absolute Gasteiger partial charge is 0.211 e. The lowest BCUT2D eigenvalue weighted by atomic mass is 10.1. The normalized spacial score (nSPS) is 15.6. The Hall–Kier alpha value is -0.910. The Bertz CT molecular complexity index is 530. The first kappa shape index (κ1) is 16.5. The van der Waals surface area contributed by atoms with Gasteiger partial charge in [0, 0.05) is 12.1 Å². The first-order valence-corrected chi connectivity index (χ1v) is 9.41. The van der Waals surface area contributed by atoms with Gasteiger partial charge in [-0.05, 0) is 43.4 Å². The van der Waals surface area contributed by atoms with Crippen LogP contribution < -0.4 is 10.0 Å². The number of unbranched alkanes of at least 4 members (excludes halogenated alkanes) is 1. The molecule has 4 nitrogen and oxygen atoms in total. The van der Waals surface area contributed by atoms with Gasteiger partial charge in [0.15, 0.2) is 0 Å². The van der Waals surface area contributed by atoms with Gasteiger partial charge in [0.25, 0.3) is 0 Å². The van der Waals surface area contributed by atoms with Crippen molar-refractivity contribution in [3.8, 4) is 0 Å². The van der Waals surface area contributed by atoms with Gasteiger partial charge in [-0.3, -0.25) is 0 Å². The Morgan fingerprint density at radius 1 is 1.14 bits per heavy atom. The van der Waals surface area contributed by atoms with Gasteiger partial charge in [-0.1, -0.05) is 38.1 Å². The van der Waals surface area contributed by atoms with E-state index in [2.05, 4.69) is 36.0 Å². The van der Waals surface area contributed by atoms with Gasteiger partial charge in [-0.25, -0.2) is 13.1 Å². The Morgan fingerprint density at radius 3 is 2.33 bits per heavy atom. The molecule has 0 amide bonds. The molecule has 5 heteroatoms. The summed E-state index contributed by atoms with van der Waals surface area (Å²) in [7, 11) is -3.16. The highest BCUT2D eigenvalue weighted by Gasteiger charge is 2.24. The van der Waals surface area contributed by atoms with Crippen LogP contribution in [0.25, 0.3) is 0 Å². The minimum atomic E-state index is -3.16. The van der Waals surface area contributed by atoms with Crippen molar-refractivity contribution in [2.24, 2.45) is 0 Å². The molecule has 1 aliphatic rings. The fourth-order valence-corrected chi connectivity index (χ4v) is 4.14. The third kappa shape index (κ3) is 5.41. The Morgan fingerprint density at radius 2 is 1.76 bits per heavy atom. The van der Waals surface area contributed by atoms with Gasteiger partial charge in [0.05, 0.1) is 5.75 Å². The number of rotatable bonds is 8. The molecular formula is C16H26N2O2S. The quantitative estimate of drug-likeness (QED) is 0.721. The van der Waals surface area contributed by atoms with E-state index in [1.807, 2.05) is 12.1 Å². The van der Waals surface area contributed by atoms with E-state index in [1.165, 1.54) is 11.1 Å². The van der Waals surface area contributed by atoms with Crippen molar-refractivity contribution in [1.29, 1.82) is 0 Å². The zero-order chi connectivity index (χ0) is 15.3. The van der Waals surface area contributed by atoms with E-state index in [0.717, 1.165) is 25.8 Å². The number of hydrogen-bond acceptors (Lipinski definition) is 3. The fraction of sp³-hybridized carbons (Fsp3) is 0.625. The van der Waals surface area contributed by atoms with Gasteiger partial charge >= 0.3 is 0 Å². The molecule has 0 atom stereocenters. The molecule has 0 heterocycles. The van der Waals surface area contributed by atoms with Gasteiger partial charge in [0.2, 0.25) is 10.0 Å². The van der Waals surface area contributed by atoms with E-state index in [0.29, 0.717) is 12.5 Å². The molecule has 0 radical (unpaired) electrons. The summed E-state index contributed by atoms with van der Waals surface area (Å²) >= 11 is 0. The van der Waals surface area contributed by atoms with Crippen LogP contribution in [0.5, 0.6) is 0 Å². The fourth-order valence-electron chi connectivity index (χ4n) is 2.76. The maximum Gasteiger partial charge on any atom is 0.211 e. The molecule has 0 bridgehead atoms. The van der Waals surface area contributed by atoms with Crippen molar-refractivity contribution in [2.75, 3.05) is 12.3 Å². The summed E-state index contributed by atoms with van der Waals surface area (Å²) in [6.45, 7) is 5.06. The largest absolute Gasteiger partial charge is 0.315 e. The summed E-state index contributed by atoms with van der Waals surface area (Å²) in [6, 6.07) is 8.68. The Kier molecular flexibility index (Phi) is 5.79. The molecule has 0 saturated carbocycles. The zero-order valence-corrected chi connectivity index (χ0v) is 13.7. The minimum absolute atomic E-state index is 0.0289. The van der Waals surface area contributed by atoms with Crippen molar-refractivity contribution in [1.82, 2.24) is 10.0 Å². The molecular weight excluding hydrogens is 284 g/mol. The SMILES string of the molecule is CC(C)NCCCCS(=O)(=O)NC1Cc2ccccc2C1. The molecule has 0 fully saturated rings. The second-order valence-electron chi connectivity index (χ2n) is 6.13. The highest BCUT2D eigenvalue weighted by atomic mass is 32.2. The number of hydrogen-bond donors (Lipinski definition) is 2. The number of sulfonamides is 1. The van der Waals surface area contributed by atoms with Crippen LogP contribution in [0.3, 0.4) is 0 Å². The lowest BCUT2D eigenvalue weighted by Crippen LogP contribution is -2.37. The topological polar surface area (TPSA) is 58.2 Å². The van der Waals surface area contributed by atoms with Crippen LogP contribution in [-0.4, -0.2) is 32.8 Å². The molecule has 1 aromatic rings. The second kappa shape index (κ2) is 7.38. The number of benzene rings is 1. The molecule has 118 valence electrons. The van der Waals surface area contributed by atoms with Crippen LogP contribution in [0.2, 0.25) is 0 Å². The minimum Gasteiger partial charge on any atom is -0.315 e. The molecule has 0 saturated heterocycles. The van der Waals surface area contributed by atoms with E-state index in [4.69, 9.17) is 0 Å². The summed E-state index contributed by atoms with van der Waals surface area (Å²) < 4.78 is 27.1. The maximum atomic E-state index is 12.1. The van der Waals surface area contributed by atoms with E-state index in [1.54, 1.807) is 0 Å². The Balaban J connectivity index is 1.73. The van der Waals surface area contributed by atoms with Crippen molar-refractivity contribution in [2.45, 2.75) is 51.6 Å². The lowest BCUT2D eigenvalue weighted by Gasteiger charge is -2.13. The van der Waals surface area contributed by atoms with Crippen LogP contribution in [0.4, 0.5) is 0 Å². The molecule has 0 unspecified atom stereocenters. The van der Waals surface area contributed by atoms with Crippen molar-refractivity contribution in [3.63, 3.8) is 0 Å². The molecule has 1 aliphatic carbocycles. The summed E-state index contributed by atoms with van der Waals surface area (Å²) in [5, 5.41) is 3.30. The van der Waals surface area contributed by atoms with Crippen LogP contribution in [0.1, 0.15) is 37.8 Å². The van der Waals surface area contributed by atoms with E-state index in [9.17, 15) is 8.42 Å². The van der Waals surface area contributed by atoms with Gasteiger partial charge < -0.3 is 5.32 Å². The number of fused-ring (bicyclic) bond motifs is 1. The molecule has 21 heavy (non-hydrogen) atoms. The molecule has 0 spiro atoms. The van der Waals surface area contributed by atoms with Crippen molar-refractivity contribution in [3.05, 3.63) is 35.4 Å². The molecule has 2 N–H and O–H groups in total. The zero-order valence-electron chi connectivity index (χ0n) is 12.9. The predicted molar refractivity (Wildman–Crippen MR) is 86.9 cm³/mol.